The number of carbonyl (C=O) groups is 2. The normalized spacial score (nSPS) is 18.4. The first-order valence-corrected chi connectivity index (χ1v) is 9.28. The van der Waals surface area contributed by atoms with Crippen molar-refractivity contribution in [3.63, 3.8) is 0 Å². The molecule has 0 aliphatic carbocycles. The molecule has 0 atom stereocenters. The number of likely N-dealkylation sites (tertiary alicyclic amines) is 1. The molecule has 0 unspecified atom stereocenters. The van der Waals surface area contributed by atoms with Crippen LogP contribution in [0.3, 0.4) is 0 Å². The number of piperidine rings is 1. The van der Waals surface area contributed by atoms with Crippen molar-refractivity contribution in [2.45, 2.75) is 19.0 Å². The van der Waals surface area contributed by atoms with E-state index in [2.05, 4.69) is 5.32 Å². The minimum absolute atomic E-state index is 0.135. The second kappa shape index (κ2) is 7.09. The molecule has 0 bridgehead atoms. The van der Waals surface area contributed by atoms with Crippen LogP contribution < -0.4 is 10.1 Å². The summed E-state index contributed by atoms with van der Waals surface area (Å²) in [6.07, 6.45) is -3.61. The Labute approximate surface area is 165 Å². The Morgan fingerprint density at radius 2 is 1.69 bits per heavy atom. The zero-order valence-electron chi connectivity index (χ0n) is 15.5. The summed E-state index contributed by atoms with van der Waals surface area (Å²) in [5.74, 6) is 0.136. The van der Waals surface area contributed by atoms with E-state index in [4.69, 9.17) is 4.74 Å². The average molecular weight is 404 g/mol. The number of rotatable bonds is 1. The first kappa shape index (κ1) is 19.3. The quantitative estimate of drug-likeness (QED) is 0.783. The van der Waals surface area contributed by atoms with Crippen molar-refractivity contribution in [1.29, 1.82) is 0 Å². The van der Waals surface area contributed by atoms with Crippen LogP contribution in [0.1, 0.15) is 28.8 Å². The van der Waals surface area contributed by atoms with Crippen LogP contribution in [0.2, 0.25) is 0 Å². The zero-order valence-corrected chi connectivity index (χ0v) is 15.5. The van der Waals surface area contributed by atoms with Gasteiger partial charge in [0.25, 0.3) is 5.91 Å². The Morgan fingerprint density at radius 3 is 2.34 bits per heavy atom. The van der Waals surface area contributed by atoms with E-state index in [-0.39, 0.29) is 24.0 Å². The van der Waals surface area contributed by atoms with Gasteiger partial charge in [0.1, 0.15) is 12.4 Å². The molecule has 1 spiro atoms. The van der Waals surface area contributed by atoms with Gasteiger partial charge >= 0.3 is 6.18 Å². The zero-order chi connectivity index (χ0) is 20.6. The van der Waals surface area contributed by atoms with Crippen LogP contribution in [0, 0.1) is 5.41 Å². The highest BCUT2D eigenvalue weighted by molar-refractivity contribution is 5.98. The minimum Gasteiger partial charge on any atom is -0.490 e. The Kier molecular flexibility index (Phi) is 4.72. The van der Waals surface area contributed by atoms with Crippen molar-refractivity contribution >= 4 is 17.5 Å². The van der Waals surface area contributed by atoms with E-state index in [1.54, 1.807) is 17.0 Å². The van der Waals surface area contributed by atoms with E-state index in [0.29, 0.717) is 37.4 Å². The molecule has 4 rings (SSSR count). The maximum Gasteiger partial charge on any atom is 0.416 e. The molecule has 1 saturated heterocycles. The molecule has 0 aromatic heterocycles. The molecule has 152 valence electrons. The third-order valence-corrected chi connectivity index (χ3v) is 5.59. The van der Waals surface area contributed by atoms with Gasteiger partial charge in [0, 0.05) is 18.7 Å². The summed E-state index contributed by atoms with van der Waals surface area (Å²) >= 11 is 0. The molecule has 0 radical (unpaired) electrons. The van der Waals surface area contributed by atoms with Crippen LogP contribution >= 0.6 is 0 Å². The fraction of sp³-hybridized carbons (Fsp3) is 0.333. The maximum absolute atomic E-state index is 12.8. The molecule has 0 saturated carbocycles. The van der Waals surface area contributed by atoms with Crippen LogP contribution in [0.25, 0.3) is 0 Å². The minimum atomic E-state index is -4.44. The van der Waals surface area contributed by atoms with E-state index in [1.165, 1.54) is 12.1 Å². The highest BCUT2D eigenvalue weighted by atomic mass is 19.4. The van der Waals surface area contributed by atoms with Gasteiger partial charge in [-0.2, -0.15) is 13.2 Å². The van der Waals surface area contributed by atoms with Crippen LogP contribution in [0.15, 0.2) is 48.5 Å². The van der Waals surface area contributed by atoms with Crippen molar-refractivity contribution in [2.24, 2.45) is 5.41 Å². The lowest BCUT2D eigenvalue weighted by molar-refractivity contribution is -0.137. The van der Waals surface area contributed by atoms with E-state index in [9.17, 15) is 22.8 Å². The van der Waals surface area contributed by atoms with Crippen molar-refractivity contribution in [2.75, 3.05) is 25.0 Å². The predicted octanol–water partition coefficient (Wildman–Crippen LogP) is 3.96. The summed E-state index contributed by atoms with van der Waals surface area (Å²) in [5, 5.41) is 2.91. The lowest BCUT2D eigenvalue weighted by atomic mass is 9.78. The SMILES string of the molecule is O=C(c1ccc(C(F)(F)F)cc1)N1CCC2(CC1)COc1ccccc1NC2=O. The molecular formula is C21H19F3N2O3. The number of hydrogen-bond donors (Lipinski definition) is 1. The van der Waals surface area contributed by atoms with Crippen LogP contribution in [0.5, 0.6) is 5.75 Å². The summed E-state index contributed by atoms with van der Waals surface area (Å²) < 4.78 is 43.9. The number of anilines is 1. The van der Waals surface area contributed by atoms with Crippen molar-refractivity contribution < 1.29 is 27.5 Å². The van der Waals surface area contributed by atoms with Gasteiger partial charge in [-0.1, -0.05) is 12.1 Å². The van der Waals surface area contributed by atoms with E-state index >= 15 is 0 Å². The summed E-state index contributed by atoms with van der Waals surface area (Å²) in [5.41, 5.74) is -0.713. The number of carbonyl (C=O) groups excluding carboxylic acids is 2. The average Bonchev–Trinajstić information content (AvgIpc) is 2.85. The van der Waals surface area contributed by atoms with Crippen LogP contribution in [-0.2, 0) is 11.0 Å². The molecule has 8 heteroatoms. The third kappa shape index (κ3) is 3.66. The smallest absolute Gasteiger partial charge is 0.416 e. The van der Waals surface area contributed by atoms with Gasteiger partial charge in [-0.25, -0.2) is 0 Å². The number of nitrogens with zero attached hydrogens (tertiary/aromatic N) is 1. The van der Waals surface area contributed by atoms with E-state index in [1.807, 2.05) is 12.1 Å². The Bertz CT molecular complexity index is 933. The fourth-order valence-electron chi connectivity index (χ4n) is 3.73. The predicted molar refractivity (Wildman–Crippen MR) is 99.6 cm³/mol. The highest BCUT2D eigenvalue weighted by Gasteiger charge is 2.45. The lowest BCUT2D eigenvalue weighted by Gasteiger charge is -2.39. The van der Waals surface area contributed by atoms with Crippen molar-refractivity contribution in [3.8, 4) is 5.75 Å². The molecule has 2 aliphatic heterocycles. The van der Waals surface area contributed by atoms with E-state index < -0.39 is 17.2 Å². The Balaban J connectivity index is 1.44. The van der Waals surface area contributed by atoms with Gasteiger partial charge in [-0.15, -0.1) is 0 Å². The molecule has 29 heavy (non-hydrogen) atoms. The Morgan fingerprint density at radius 1 is 1.03 bits per heavy atom. The van der Waals surface area contributed by atoms with E-state index in [0.717, 1.165) is 12.1 Å². The first-order chi connectivity index (χ1) is 13.8. The number of hydrogen-bond acceptors (Lipinski definition) is 3. The van der Waals surface area contributed by atoms with Crippen molar-refractivity contribution in [1.82, 2.24) is 4.90 Å². The summed E-state index contributed by atoms with van der Waals surface area (Å²) in [6, 6.07) is 11.4. The lowest BCUT2D eigenvalue weighted by Crippen LogP contribution is -2.50. The molecule has 1 fully saturated rings. The molecule has 2 heterocycles. The topological polar surface area (TPSA) is 58.6 Å². The van der Waals surface area contributed by atoms with Gasteiger partial charge in [0.05, 0.1) is 16.7 Å². The van der Waals surface area contributed by atoms with Gasteiger partial charge in [0.15, 0.2) is 0 Å². The van der Waals surface area contributed by atoms with Gasteiger partial charge < -0.3 is 15.0 Å². The number of fused-ring (bicyclic) bond motifs is 1. The third-order valence-electron chi connectivity index (χ3n) is 5.59. The van der Waals surface area contributed by atoms with Crippen molar-refractivity contribution in [3.05, 3.63) is 59.7 Å². The Hall–Kier alpha value is -3.03. The molecule has 2 aromatic carbocycles. The maximum atomic E-state index is 12.8. The number of halogens is 3. The molecule has 5 nitrogen and oxygen atoms in total. The number of amides is 2. The largest absolute Gasteiger partial charge is 0.490 e. The van der Waals surface area contributed by atoms with Crippen LogP contribution in [-0.4, -0.2) is 36.4 Å². The monoisotopic (exact) mass is 404 g/mol. The summed E-state index contributed by atoms with van der Waals surface area (Å²) in [4.78, 5) is 27.1. The number of ether oxygens (including phenoxy) is 1. The molecule has 1 N–H and O–H groups in total. The molecular weight excluding hydrogens is 385 g/mol. The summed E-state index contributed by atoms with van der Waals surface area (Å²) in [7, 11) is 0. The summed E-state index contributed by atoms with van der Waals surface area (Å²) in [6.45, 7) is 0.873. The van der Waals surface area contributed by atoms with Gasteiger partial charge in [-0.3, -0.25) is 9.59 Å². The standard InChI is InChI=1S/C21H19F3N2O3/c22-21(23,24)15-7-5-14(6-8-15)18(27)26-11-9-20(10-12-26)13-29-17-4-2-1-3-16(17)25-19(20)28/h1-8H,9-13H2,(H,25,28). The number of nitrogens with one attached hydrogen (secondary N) is 1. The number of benzene rings is 2. The highest BCUT2D eigenvalue weighted by Crippen LogP contribution is 2.39. The molecule has 2 aromatic rings. The second-order valence-electron chi connectivity index (χ2n) is 7.39. The molecule has 2 aliphatic rings. The van der Waals surface area contributed by atoms with Crippen LogP contribution in [0.4, 0.5) is 18.9 Å². The first-order valence-electron chi connectivity index (χ1n) is 9.28. The fourth-order valence-corrected chi connectivity index (χ4v) is 3.73. The number of para-hydroxylation sites is 2. The second-order valence-corrected chi connectivity index (χ2v) is 7.39. The number of alkyl halides is 3. The van der Waals surface area contributed by atoms with Gasteiger partial charge in [0.2, 0.25) is 5.91 Å². The van der Waals surface area contributed by atoms with Gasteiger partial charge in [-0.05, 0) is 49.2 Å². The molecule has 2 amide bonds.